The van der Waals surface area contributed by atoms with Gasteiger partial charge in [0.1, 0.15) is 5.82 Å². The van der Waals surface area contributed by atoms with Gasteiger partial charge in [-0.15, -0.1) is 0 Å². The molecule has 4 aromatic rings. The summed E-state index contributed by atoms with van der Waals surface area (Å²) < 4.78 is 22.7. The minimum absolute atomic E-state index is 0.240. The van der Waals surface area contributed by atoms with Gasteiger partial charge in [0.05, 0.1) is 25.6 Å². The molecule has 0 unspecified atom stereocenters. The fourth-order valence-electron chi connectivity index (χ4n) is 2.39. The maximum Gasteiger partial charge on any atom is 0.273 e. The van der Waals surface area contributed by atoms with E-state index in [9.17, 15) is 4.39 Å². The van der Waals surface area contributed by atoms with E-state index in [4.69, 9.17) is 9.47 Å². The zero-order valence-corrected chi connectivity index (χ0v) is 17.3. The minimum atomic E-state index is -0.240. The lowest BCUT2D eigenvalue weighted by molar-refractivity contribution is 0.412. The fourth-order valence-corrected chi connectivity index (χ4v) is 3.69. The van der Waals surface area contributed by atoms with Gasteiger partial charge < -0.3 is 9.47 Å². The van der Waals surface area contributed by atoms with E-state index in [0.29, 0.717) is 10.4 Å². The third kappa shape index (κ3) is 5.15. The van der Waals surface area contributed by atoms with Crippen molar-refractivity contribution < 1.29 is 13.9 Å². The third-order valence-corrected chi connectivity index (χ3v) is 5.37. The summed E-state index contributed by atoms with van der Waals surface area (Å²) in [7, 11) is 3.21. The van der Waals surface area contributed by atoms with E-state index < -0.39 is 0 Å². The normalized spacial score (nSPS) is 10.1. The molecule has 2 aromatic carbocycles. The maximum atomic E-state index is 12.6. The van der Waals surface area contributed by atoms with Gasteiger partial charge >= 0.3 is 0 Å². The molecule has 0 bridgehead atoms. The monoisotopic (exact) mass is 414 g/mol. The fraction of sp³-hybridized carbons (Fsp3) is 0.143. The number of hydrogen-bond donors (Lipinski definition) is 0. The van der Waals surface area contributed by atoms with Gasteiger partial charge in [0.2, 0.25) is 0 Å². The van der Waals surface area contributed by atoms with Crippen LogP contribution in [0.5, 0.6) is 10.4 Å². The molecule has 0 aliphatic carbocycles. The molecule has 0 N–H and O–H groups in total. The summed E-state index contributed by atoms with van der Waals surface area (Å²) in [6.45, 7) is 2.08. The van der Waals surface area contributed by atoms with Gasteiger partial charge in [-0.3, -0.25) is 0 Å². The molecular formula is C21H19FN2O2S2. The molecule has 4 rings (SSSR count). The average Bonchev–Trinajstić information content (AvgIpc) is 3.39. The standard InChI is InChI=1S/C11H11NOS.C10H8FNOS/c1-8-4-3-5-9(6-8)10-7-14-11(12-10)13-2;1-13-10-12-9(6-14-10)7-2-4-8(11)5-3-7/h3-7H,1-2H3;2-6H,1H3. The Balaban J connectivity index is 0.000000161. The zero-order valence-electron chi connectivity index (χ0n) is 15.7. The summed E-state index contributed by atoms with van der Waals surface area (Å²) in [5.41, 5.74) is 5.08. The molecule has 0 atom stereocenters. The molecule has 2 heterocycles. The van der Waals surface area contributed by atoms with Crippen LogP contribution in [-0.2, 0) is 0 Å². The van der Waals surface area contributed by atoms with Gasteiger partial charge in [0, 0.05) is 21.9 Å². The van der Waals surface area contributed by atoms with Crippen LogP contribution in [0.4, 0.5) is 4.39 Å². The Morgan fingerprint density at radius 3 is 1.86 bits per heavy atom. The molecule has 0 aliphatic rings. The molecule has 0 saturated carbocycles. The van der Waals surface area contributed by atoms with Gasteiger partial charge in [-0.2, -0.15) is 0 Å². The second-order valence-electron chi connectivity index (χ2n) is 5.78. The number of thiazole rings is 2. The average molecular weight is 415 g/mol. The number of halogens is 1. The van der Waals surface area contributed by atoms with Crippen molar-refractivity contribution in [2.75, 3.05) is 14.2 Å². The lowest BCUT2D eigenvalue weighted by Crippen LogP contribution is -1.82. The number of aromatic nitrogens is 2. The summed E-state index contributed by atoms with van der Waals surface area (Å²) in [6.07, 6.45) is 0. The molecule has 0 aliphatic heterocycles. The van der Waals surface area contributed by atoms with Crippen LogP contribution < -0.4 is 9.47 Å². The number of aryl methyl sites for hydroxylation is 1. The molecule has 4 nitrogen and oxygen atoms in total. The van der Waals surface area contributed by atoms with Crippen molar-refractivity contribution in [1.82, 2.24) is 9.97 Å². The van der Waals surface area contributed by atoms with Crippen LogP contribution in [0.2, 0.25) is 0 Å². The third-order valence-electron chi connectivity index (χ3n) is 3.77. The summed E-state index contributed by atoms with van der Waals surface area (Å²) in [5, 5.41) is 5.21. The van der Waals surface area contributed by atoms with E-state index >= 15 is 0 Å². The van der Waals surface area contributed by atoms with E-state index in [-0.39, 0.29) is 5.82 Å². The Labute approximate surface area is 171 Å². The van der Waals surface area contributed by atoms with Crippen LogP contribution in [0.3, 0.4) is 0 Å². The first-order valence-electron chi connectivity index (χ1n) is 8.41. The molecule has 0 fully saturated rings. The lowest BCUT2D eigenvalue weighted by atomic mass is 10.1. The van der Waals surface area contributed by atoms with Crippen LogP contribution in [-0.4, -0.2) is 24.2 Å². The van der Waals surface area contributed by atoms with Crippen molar-refractivity contribution in [2.45, 2.75) is 6.92 Å². The van der Waals surface area contributed by atoms with Crippen LogP contribution in [0.1, 0.15) is 5.56 Å². The summed E-state index contributed by atoms with van der Waals surface area (Å²) in [6, 6.07) is 14.5. The van der Waals surface area contributed by atoms with Crippen LogP contribution in [0.15, 0.2) is 59.3 Å². The quantitative estimate of drug-likeness (QED) is 0.406. The van der Waals surface area contributed by atoms with Gasteiger partial charge in [0.15, 0.2) is 0 Å². The molecule has 28 heavy (non-hydrogen) atoms. The molecule has 0 radical (unpaired) electrons. The predicted octanol–water partition coefficient (Wildman–Crippen LogP) is 6.08. The second-order valence-corrected chi connectivity index (χ2v) is 7.42. The van der Waals surface area contributed by atoms with Crippen molar-refractivity contribution in [3.8, 4) is 32.9 Å². The largest absolute Gasteiger partial charge is 0.473 e. The maximum absolute atomic E-state index is 12.6. The predicted molar refractivity (Wildman–Crippen MR) is 113 cm³/mol. The number of ether oxygens (including phenoxy) is 2. The van der Waals surface area contributed by atoms with Crippen molar-refractivity contribution in [3.63, 3.8) is 0 Å². The van der Waals surface area contributed by atoms with Gasteiger partial charge in [-0.25, -0.2) is 14.4 Å². The highest BCUT2D eigenvalue weighted by molar-refractivity contribution is 7.12. The van der Waals surface area contributed by atoms with Crippen molar-refractivity contribution in [1.29, 1.82) is 0 Å². The Morgan fingerprint density at radius 2 is 1.36 bits per heavy atom. The Kier molecular flexibility index (Phi) is 6.73. The van der Waals surface area contributed by atoms with Crippen molar-refractivity contribution >= 4 is 22.7 Å². The van der Waals surface area contributed by atoms with Gasteiger partial charge in [0.25, 0.3) is 10.4 Å². The molecule has 0 amide bonds. The Bertz CT molecular complexity index is 1030. The first-order valence-corrected chi connectivity index (χ1v) is 10.2. The smallest absolute Gasteiger partial charge is 0.273 e. The van der Waals surface area contributed by atoms with Crippen molar-refractivity contribution in [3.05, 3.63) is 70.7 Å². The summed E-state index contributed by atoms with van der Waals surface area (Å²) >= 11 is 2.94. The number of benzene rings is 2. The zero-order chi connectivity index (χ0) is 19.9. The Morgan fingerprint density at radius 1 is 0.786 bits per heavy atom. The van der Waals surface area contributed by atoms with E-state index in [1.54, 1.807) is 26.4 Å². The van der Waals surface area contributed by atoms with Gasteiger partial charge in [-0.05, 0) is 37.3 Å². The number of methoxy groups -OCH3 is 2. The lowest BCUT2D eigenvalue weighted by Gasteiger charge is -1.97. The first kappa shape index (κ1) is 20.0. The van der Waals surface area contributed by atoms with E-state index in [1.165, 1.54) is 40.4 Å². The number of hydrogen-bond acceptors (Lipinski definition) is 6. The SMILES string of the molecule is COc1nc(-c2ccc(F)cc2)cs1.COc1nc(-c2cccc(C)c2)cs1. The van der Waals surface area contributed by atoms with E-state index in [2.05, 4.69) is 35.1 Å². The topological polar surface area (TPSA) is 44.2 Å². The van der Waals surface area contributed by atoms with Gasteiger partial charge in [-0.1, -0.05) is 46.4 Å². The van der Waals surface area contributed by atoms with Crippen LogP contribution >= 0.6 is 22.7 Å². The Hall–Kier alpha value is -2.77. The summed E-state index contributed by atoms with van der Waals surface area (Å²) in [4.78, 5) is 8.54. The minimum Gasteiger partial charge on any atom is -0.473 e. The number of rotatable bonds is 4. The molecule has 7 heteroatoms. The highest BCUT2D eigenvalue weighted by atomic mass is 32.1. The highest BCUT2D eigenvalue weighted by Crippen LogP contribution is 2.27. The van der Waals surface area contributed by atoms with E-state index in [1.807, 2.05) is 16.8 Å². The van der Waals surface area contributed by atoms with E-state index in [0.717, 1.165) is 22.5 Å². The second kappa shape index (κ2) is 9.43. The summed E-state index contributed by atoms with van der Waals surface area (Å²) in [5.74, 6) is -0.240. The molecular weight excluding hydrogens is 395 g/mol. The molecule has 144 valence electrons. The molecule has 0 saturated heterocycles. The molecule has 2 aromatic heterocycles. The van der Waals surface area contributed by atoms with Crippen LogP contribution in [0.25, 0.3) is 22.5 Å². The first-order chi connectivity index (χ1) is 13.6. The van der Waals surface area contributed by atoms with Crippen LogP contribution in [0, 0.1) is 12.7 Å². The van der Waals surface area contributed by atoms with Crippen molar-refractivity contribution in [2.24, 2.45) is 0 Å². The highest BCUT2D eigenvalue weighted by Gasteiger charge is 2.04. The molecule has 0 spiro atoms. The number of nitrogens with zero attached hydrogens (tertiary/aromatic N) is 2.